The highest BCUT2D eigenvalue weighted by atomic mass is 127. The van der Waals surface area contributed by atoms with Gasteiger partial charge in [-0.2, -0.15) is 0 Å². The second-order valence-corrected chi connectivity index (χ2v) is 19.0. The fourth-order valence-corrected chi connectivity index (χ4v) is 11.5. The maximum Gasteiger partial charge on any atom is 0.394 e. The van der Waals surface area contributed by atoms with E-state index >= 15 is 0 Å². The van der Waals surface area contributed by atoms with E-state index in [1.165, 1.54) is 12.8 Å². The van der Waals surface area contributed by atoms with Crippen molar-refractivity contribution in [2.45, 2.75) is 22.3 Å². The first kappa shape index (κ1) is 11.5. The van der Waals surface area contributed by atoms with Gasteiger partial charge in [-0.05, 0) is 6.42 Å². The van der Waals surface area contributed by atoms with E-state index in [1.807, 2.05) is 0 Å². The lowest BCUT2D eigenvalue weighted by atomic mass is 10.3. The molecule has 10 heavy (non-hydrogen) atoms. The minimum atomic E-state index is -0.426. The molecule has 1 aliphatic heterocycles. The highest BCUT2D eigenvalue weighted by Crippen LogP contribution is 2.47. The van der Waals surface area contributed by atoms with Crippen LogP contribution >= 0.6 is 88.0 Å². The summed E-state index contributed by atoms with van der Waals surface area (Å²) in [5.74, 6) is 0. The van der Waals surface area contributed by atoms with E-state index in [2.05, 4.69) is 88.0 Å². The molecule has 1 rings (SSSR count). The van der Waals surface area contributed by atoms with E-state index in [0.29, 0.717) is 0.290 Å². The average Bonchev–Trinajstić information content (AvgIpc) is 1.84. The second-order valence-electron chi connectivity index (χ2n) is 2.54. The van der Waals surface area contributed by atoms with Gasteiger partial charge in [-0.15, -0.1) is 0 Å². The zero-order valence-electron chi connectivity index (χ0n) is 5.29. The van der Waals surface area contributed by atoms with Gasteiger partial charge in [0.2, 0.25) is 0 Å². The predicted molar refractivity (Wildman–Crippen MR) is 82.4 cm³/mol. The van der Waals surface area contributed by atoms with Crippen LogP contribution in [0.2, 0.25) is 5.28 Å². The van der Waals surface area contributed by atoms with Crippen molar-refractivity contribution >= 4 is 98.9 Å². The van der Waals surface area contributed by atoms with Crippen molar-refractivity contribution < 1.29 is 0 Å². The van der Waals surface area contributed by atoms with Crippen molar-refractivity contribution in [3.8, 4) is 0 Å². The predicted octanol–water partition coefficient (Wildman–Crippen LogP) is 4.12. The lowest BCUT2D eigenvalue weighted by Crippen LogP contribution is -2.41. The lowest BCUT2D eigenvalue weighted by molar-refractivity contribution is 0.756. The number of rotatable bonds is 0. The molecule has 1 saturated heterocycles. The first-order valence-corrected chi connectivity index (χ1v) is 12.2. The van der Waals surface area contributed by atoms with Gasteiger partial charge in [0.25, 0.3) is 0 Å². The first-order valence-electron chi connectivity index (χ1n) is 3.21. The fourth-order valence-electron chi connectivity index (χ4n) is 1.06. The van der Waals surface area contributed by atoms with Crippen molar-refractivity contribution in [1.29, 1.82) is 0 Å². The topological polar surface area (TPSA) is 0 Å². The molecule has 1 aliphatic rings. The summed E-state index contributed by atoms with van der Waals surface area (Å²) in [6.45, 7) is 0. The Bertz CT molecular complexity index is 115. The van der Waals surface area contributed by atoms with Crippen LogP contribution in [0.15, 0.2) is 0 Å². The third-order valence-corrected chi connectivity index (χ3v) is 26.6. The van der Waals surface area contributed by atoms with Gasteiger partial charge in [-0.25, -0.2) is 20.3 Å². The Morgan fingerprint density at radius 1 is 1.40 bits per heavy atom. The van der Waals surface area contributed by atoms with Crippen molar-refractivity contribution in [1.82, 2.24) is 0 Å². The zero-order chi connectivity index (χ0) is 7.78. The molecule has 0 amide bonds. The fraction of sp³-hybridized carbons (Fsp3) is 1.00. The molecule has 0 spiro atoms. The van der Waals surface area contributed by atoms with Crippen LogP contribution in [-0.2, 0) is 0 Å². The molecule has 0 N–H and O–H groups in total. The van der Waals surface area contributed by atoms with Crippen LogP contribution in [0.3, 0.4) is 0 Å². The third-order valence-electron chi connectivity index (χ3n) is 1.75. The van der Waals surface area contributed by atoms with Crippen LogP contribution in [0.25, 0.3) is 0 Å². The van der Waals surface area contributed by atoms with Gasteiger partial charge in [0.05, 0.1) is 0.290 Å². The van der Waals surface area contributed by atoms with Crippen molar-refractivity contribution in [2.75, 3.05) is 0 Å². The normalized spacial score (nSPS) is 32.4. The number of hydrogen-bond acceptors (Lipinski definition) is 0. The monoisotopic (exact) mass is 602 g/mol. The Labute approximate surface area is 119 Å². The number of halogens is 4. The van der Waals surface area contributed by atoms with Crippen molar-refractivity contribution in [3.05, 3.63) is 0 Å². The smallest absolute Gasteiger partial charge is 0.207 e. The second kappa shape index (κ2) is 4.80. The third kappa shape index (κ3) is 2.72. The van der Waals surface area contributed by atoms with E-state index in [1.54, 1.807) is 5.28 Å². The molecule has 0 aromatic heterocycles. The van der Waals surface area contributed by atoms with Gasteiger partial charge in [0, 0.05) is 3.92 Å². The van der Waals surface area contributed by atoms with E-state index < -0.39 is 10.9 Å². The Balaban J connectivity index is 2.63. The summed E-state index contributed by atoms with van der Waals surface area (Å²) < 4.78 is 1.57. The standard InChI is InChI=1S/C5H7I3.Al.HI/c1-2-3-4(6)5(7)8;;/h4H,1-3H2;;1H/q;+1;/p-1. The van der Waals surface area contributed by atoms with Crippen LogP contribution in [0.4, 0.5) is 0 Å². The molecule has 1 unspecified atom stereocenters. The number of hydrogen-bond donors (Lipinski definition) is 0. The molecular formula is C5H7AlI4. The molecule has 1 atom stereocenters. The van der Waals surface area contributed by atoms with Gasteiger partial charge in [-0.1, -0.05) is 79.5 Å². The Kier molecular flexibility index (Phi) is 5.53. The maximum absolute atomic E-state index is 2.73. The molecule has 0 aliphatic carbocycles. The van der Waals surface area contributed by atoms with Gasteiger partial charge in [0.1, 0.15) is 0 Å². The molecular weight excluding hydrogens is 595 g/mol. The minimum Gasteiger partial charge on any atom is -0.207 e. The quantitative estimate of drug-likeness (QED) is 0.223. The number of alkyl halides is 3. The molecule has 0 bridgehead atoms. The molecule has 0 nitrogen and oxygen atoms in total. The van der Waals surface area contributed by atoms with Gasteiger partial charge in [-0.3, -0.25) is 0 Å². The highest BCUT2D eigenvalue weighted by molar-refractivity contribution is 14.2. The Morgan fingerprint density at radius 2 is 2.00 bits per heavy atom. The van der Waals surface area contributed by atoms with Crippen LogP contribution in [0.5, 0.6) is 0 Å². The van der Waals surface area contributed by atoms with E-state index in [4.69, 9.17) is 0 Å². The molecule has 0 aromatic rings. The van der Waals surface area contributed by atoms with Crippen LogP contribution < -0.4 is 0 Å². The lowest BCUT2D eigenvalue weighted by Gasteiger charge is -2.33. The largest absolute Gasteiger partial charge is 0.394 e. The molecule has 0 aromatic carbocycles. The van der Waals surface area contributed by atoms with Crippen LogP contribution in [0, 0.1) is 0 Å². The van der Waals surface area contributed by atoms with E-state index in [0.717, 1.165) is 3.92 Å². The molecule has 1 heterocycles. The van der Waals surface area contributed by atoms with Gasteiger partial charge >= 0.3 is 10.9 Å². The van der Waals surface area contributed by atoms with Crippen molar-refractivity contribution in [3.63, 3.8) is 0 Å². The van der Waals surface area contributed by atoms with Gasteiger partial charge in [0.15, 0.2) is 0 Å². The minimum absolute atomic E-state index is 0.426. The van der Waals surface area contributed by atoms with Crippen LogP contribution in [-0.4, -0.2) is 15.1 Å². The maximum atomic E-state index is 2.73. The summed E-state index contributed by atoms with van der Waals surface area (Å²) in [6, 6.07) is 0. The average molecular weight is 602 g/mol. The van der Waals surface area contributed by atoms with Crippen LogP contribution in [0.1, 0.15) is 12.8 Å². The molecule has 1 fully saturated rings. The highest BCUT2D eigenvalue weighted by Gasteiger charge is 2.45. The summed E-state index contributed by atoms with van der Waals surface area (Å²) >= 11 is 10.7. The SMILES string of the molecule is IC1CC[CH2][Al]([I])[C]1(I)I. The first-order chi connectivity index (χ1) is 4.55. The summed E-state index contributed by atoms with van der Waals surface area (Å²) in [5, 5.41) is 1.55. The van der Waals surface area contributed by atoms with Gasteiger partial charge < -0.3 is 0 Å². The molecule has 58 valence electrons. The van der Waals surface area contributed by atoms with E-state index in [-0.39, 0.29) is 0 Å². The summed E-state index contributed by atoms with van der Waals surface area (Å²) in [4.78, 5) is 0. The Morgan fingerprint density at radius 3 is 2.40 bits per heavy atom. The summed E-state index contributed by atoms with van der Waals surface area (Å²) in [6.07, 6.45) is 2.93. The van der Waals surface area contributed by atoms with Crippen molar-refractivity contribution in [2.24, 2.45) is 0 Å². The summed E-state index contributed by atoms with van der Waals surface area (Å²) in [7, 11) is -0.426. The van der Waals surface area contributed by atoms with E-state index in [9.17, 15) is 0 Å². The summed E-state index contributed by atoms with van der Waals surface area (Å²) in [5.41, 5.74) is 0. The molecule has 0 saturated carbocycles. The molecule has 0 radical (unpaired) electrons. The molecule has 5 heteroatoms. The zero-order valence-corrected chi connectivity index (χ0v) is 15.1. The Hall–Kier alpha value is 3.45.